The van der Waals surface area contributed by atoms with Crippen molar-refractivity contribution < 1.29 is 13.9 Å². The molecule has 4 rings (SSSR count). The van der Waals surface area contributed by atoms with Crippen LogP contribution >= 0.6 is 11.6 Å². The maximum atomic E-state index is 13.3. The van der Waals surface area contributed by atoms with E-state index in [0.717, 1.165) is 11.3 Å². The van der Waals surface area contributed by atoms with E-state index in [1.54, 1.807) is 6.07 Å². The second-order valence-electron chi connectivity index (χ2n) is 5.78. The minimum Gasteiger partial charge on any atom is -0.454 e. The highest BCUT2D eigenvalue weighted by atomic mass is 35.5. The normalized spacial score (nSPS) is 12.1. The second-order valence-corrected chi connectivity index (χ2v) is 6.19. The Bertz CT molecular complexity index is 1000. The smallest absolute Gasteiger partial charge is 0.231 e. The van der Waals surface area contributed by atoms with E-state index in [2.05, 4.69) is 20.6 Å². The second kappa shape index (κ2) is 7.16. The average molecular weight is 388 g/mol. The van der Waals surface area contributed by atoms with E-state index >= 15 is 0 Å². The first-order chi connectivity index (χ1) is 13.1. The van der Waals surface area contributed by atoms with Crippen molar-refractivity contribution in [3.63, 3.8) is 0 Å². The molecule has 1 aliphatic heterocycles. The number of rotatable bonds is 5. The van der Waals surface area contributed by atoms with Crippen molar-refractivity contribution in [2.75, 3.05) is 23.2 Å². The molecule has 7 nitrogen and oxygen atoms in total. The highest BCUT2D eigenvalue weighted by Gasteiger charge is 2.14. The molecule has 27 heavy (non-hydrogen) atoms. The van der Waals surface area contributed by atoms with E-state index in [9.17, 15) is 4.39 Å². The third kappa shape index (κ3) is 3.65. The van der Waals surface area contributed by atoms with Gasteiger partial charge in [0, 0.05) is 12.2 Å². The van der Waals surface area contributed by atoms with E-state index < -0.39 is 5.82 Å². The maximum Gasteiger partial charge on any atom is 0.231 e. The maximum absolute atomic E-state index is 13.3. The molecule has 0 spiro atoms. The molecule has 0 aliphatic carbocycles. The van der Waals surface area contributed by atoms with Gasteiger partial charge in [-0.2, -0.15) is 0 Å². The summed E-state index contributed by atoms with van der Waals surface area (Å²) in [6.45, 7) is 0.715. The lowest BCUT2D eigenvalue weighted by atomic mass is 10.2. The van der Waals surface area contributed by atoms with Gasteiger partial charge in [-0.05, 0) is 35.9 Å². The molecule has 0 atom stereocenters. The first kappa shape index (κ1) is 17.2. The zero-order chi connectivity index (χ0) is 18.8. The molecule has 1 aromatic heterocycles. The largest absolute Gasteiger partial charge is 0.454 e. The molecule has 0 saturated heterocycles. The Labute approximate surface area is 159 Å². The summed E-state index contributed by atoms with van der Waals surface area (Å²) in [5.74, 6) is 1.80. The zero-order valence-electron chi connectivity index (χ0n) is 14.0. The van der Waals surface area contributed by atoms with Crippen LogP contribution < -0.4 is 25.8 Å². The zero-order valence-corrected chi connectivity index (χ0v) is 14.8. The van der Waals surface area contributed by atoms with Crippen LogP contribution in [0.5, 0.6) is 11.5 Å². The number of halogens is 2. The van der Waals surface area contributed by atoms with E-state index in [-0.39, 0.29) is 11.8 Å². The van der Waals surface area contributed by atoms with E-state index in [4.69, 9.17) is 26.8 Å². The first-order valence-corrected chi connectivity index (χ1v) is 8.43. The van der Waals surface area contributed by atoms with Crippen molar-refractivity contribution in [1.29, 1.82) is 0 Å². The van der Waals surface area contributed by atoms with Crippen molar-refractivity contribution in [2.45, 2.75) is 6.54 Å². The Morgan fingerprint density at radius 2 is 1.89 bits per heavy atom. The standard InChI is InChI=1S/C18H15ClFN5O2/c19-12-6-11(2-3-13(12)20)25-18-16(21)17(23-8-24-18)22-7-10-1-4-14-15(5-10)27-9-26-14/h1-6,8H,7,9,21H2,(H2,22,23,24,25). The molecular formula is C18H15ClFN5O2. The van der Waals surface area contributed by atoms with Gasteiger partial charge in [-0.3, -0.25) is 0 Å². The van der Waals surface area contributed by atoms with Gasteiger partial charge in [0.2, 0.25) is 6.79 Å². The Morgan fingerprint density at radius 3 is 2.74 bits per heavy atom. The number of nitrogen functional groups attached to an aromatic ring is 1. The third-order valence-electron chi connectivity index (χ3n) is 3.96. The summed E-state index contributed by atoms with van der Waals surface area (Å²) in [6, 6.07) is 9.94. The molecule has 0 unspecified atom stereocenters. The fourth-order valence-electron chi connectivity index (χ4n) is 2.58. The van der Waals surface area contributed by atoms with Crippen LogP contribution in [0.2, 0.25) is 5.02 Å². The molecular weight excluding hydrogens is 373 g/mol. The van der Waals surface area contributed by atoms with Crippen LogP contribution in [-0.4, -0.2) is 16.8 Å². The van der Waals surface area contributed by atoms with Gasteiger partial charge in [0.1, 0.15) is 17.8 Å². The number of anilines is 4. The molecule has 138 valence electrons. The van der Waals surface area contributed by atoms with Gasteiger partial charge in [0.05, 0.1) is 5.02 Å². The first-order valence-electron chi connectivity index (χ1n) is 8.05. The van der Waals surface area contributed by atoms with Crippen LogP contribution in [-0.2, 0) is 6.54 Å². The molecule has 0 radical (unpaired) electrons. The lowest BCUT2D eigenvalue weighted by Gasteiger charge is -2.13. The molecule has 4 N–H and O–H groups in total. The molecule has 0 amide bonds. The summed E-state index contributed by atoms with van der Waals surface area (Å²) in [7, 11) is 0. The van der Waals surface area contributed by atoms with Gasteiger partial charge < -0.3 is 25.8 Å². The molecule has 3 aromatic rings. The molecule has 0 fully saturated rings. The number of ether oxygens (including phenoxy) is 2. The van der Waals surface area contributed by atoms with E-state index in [1.165, 1.54) is 18.5 Å². The van der Waals surface area contributed by atoms with Gasteiger partial charge in [-0.25, -0.2) is 14.4 Å². The van der Waals surface area contributed by atoms with Crippen molar-refractivity contribution in [2.24, 2.45) is 0 Å². The number of hydrogen-bond donors (Lipinski definition) is 3. The topological polar surface area (TPSA) is 94.3 Å². The Morgan fingerprint density at radius 1 is 1.07 bits per heavy atom. The van der Waals surface area contributed by atoms with Crippen molar-refractivity contribution in [3.8, 4) is 11.5 Å². The summed E-state index contributed by atoms with van der Waals surface area (Å²) in [5, 5.41) is 6.19. The lowest BCUT2D eigenvalue weighted by Crippen LogP contribution is -2.08. The quantitative estimate of drug-likeness (QED) is 0.610. The van der Waals surface area contributed by atoms with Gasteiger partial charge in [0.15, 0.2) is 23.1 Å². The monoisotopic (exact) mass is 387 g/mol. The number of aromatic nitrogens is 2. The Hall–Kier alpha value is -3.26. The van der Waals surface area contributed by atoms with E-state index in [0.29, 0.717) is 35.3 Å². The number of nitrogens with one attached hydrogen (secondary N) is 2. The molecule has 9 heteroatoms. The lowest BCUT2D eigenvalue weighted by molar-refractivity contribution is 0.174. The minimum absolute atomic E-state index is 0.00813. The third-order valence-corrected chi connectivity index (χ3v) is 4.25. The summed E-state index contributed by atoms with van der Waals surface area (Å²) >= 11 is 5.80. The predicted octanol–water partition coefficient (Wildman–Crippen LogP) is 3.94. The van der Waals surface area contributed by atoms with Crippen LogP contribution in [0.1, 0.15) is 5.56 Å². The molecule has 2 aromatic carbocycles. The number of nitrogens with zero attached hydrogens (tertiary/aromatic N) is 2. The summed E-state index contributed by atoms with van der Waals surface area (Å²) in [6.07, 6.45) is 1.38. The van der Waals surface area contributed by atoms with E-state index in [1.807, 2.05) is 18.2 Å². The van der Waals surface area contributed by atoms with Gasteiger partial charge in [0.25, 0.3) is 0 Å². The van der Waals surface area contributed by atoms with Crippen molar-refractivity contribution in [1.82, 2.24) is 9.97 Å². The molecule has 1 aliphatic rings. The predicted molar refractivity (Wildman–Crippen MR) is 101 cm³/mol. The fourth-order valence-corrected chi connectivity index (χ4v) is 2.76. The Kier molecular flexibility index (Phi) is 4.55. The van der Waals surface area contributed by atoms with Crippen LogP contribution in [0.15, 0.2) is 42.7 Å². The fraction of sp³-hybridized carbons (Fsp3) is 0.111. The summed E-state index contributed by atoms with van der Waals surface area (Å²) < 4.78 is 24.0. The van der Waals surface area contributed by atoms with Crippen molar-refractivity contribution >= 4 is 34.6 Å². The number of hydrogen-bond acceptors (Lipinski definition) is 7. The molecule has 2 heterocycles. The van der Waals surface area contributed by atoms with Crippen LogP contribution in [0.3, 0.4) is 0 Å². The molecule has 0 saturated carbocycles. The van der Waals surface area contributed by atoms with Crippen LogP contribution in [0.25, 0.3) is 0 Å². The number of nitrogens with two attached hydrogens (primary N) is 1. The number of fused-ring (bicyclic) bond motifs is 1. The molecule has 0 bridgehead atoms. The Balaban J connectivity index is 1.49. The summed E-state index contributed by atoms with van der Waals surface area (Å²) in [5.41, 5.74) is 8.03. The van der Waals surface area contributed by atoms with Gasteiger partial charge >= 0.3 is 0 Å². The van der Waals surface area contributed by atoms with Crippen LogP contribution in [0, 0.1) is 5.82 Å². The average Bonchev–Trinajstić information content (AvgIpc) is 3.13. The van der Waals surface area contributed by atoms with Crippen molar-refractivity contribution in [3.05, 3.63) is 59.1 Å². The number of benzene rings is 2. The SMILES string of the molecule is Nc1c(NCc2ccc3c(c2)OCO3)ncnc1Nc1ccc(F)c(Cl)c1. The minimum atomic E-state index is -0.496. The summed E-state index contributed by atoms with van der Waals surface area (Å²) in [4.78, 5) is 8.30. The highest BCUT2D eigenvalue weighted by molar-refractivity contribution is 6.31. The highest BCUT2D eigenvalue weighted by Crippen LogP contribution is 2.33. The van der Waals surface area contributed by atoms with Gasteiger partial charge in [-0.15, -0.1) is 0 Å². The van der Waals surface area contributed by atoms with Crippen LogP contribution in [0.4, 0.5) is 27.4 Å². The van der Waals surface area contributed by atoms with Gasteiger partial charge in [-0.1, -0.05) is 17.7 Å².